The Balaban J connectivity index is 1.10. The Morgan fingerprint density at radius 1 is 0.257 bits per heavy atom. The van der Waals surface area contributed by atoms with E-state index in [0.29, 0.717) is 0 Å². The molecule has 328 valence electrons. The zero-order valence-corrected chi connectivity index (χ0v) is 38.2. The molecule has 0 aliphatic heterocycles. The van der Waals surface area contributed by atoms with Gasteiger partial charge in [0.2, 0.25) is 0 Å². The van der Waals surface area contributed by atoms with E-state index in [-0.39, 0.29) is 0 Å². The highest BCUT2D eigenvalue weighted by Crippen LogP contribution is 2.65. The molecule has 1 heterocycles. The second-order valence-corrected chi connectivity index (χ2v) is 18.4. The van der Waals surface area contributed by atoms with Crippen LogP contribution in [0.15, 0.2) is 271 Å². The van der Waals surface area contributed by atoms with Crippen molar-refractivity contribution in [3.63, 3.8) is 0 Å². The molecule has 1 spiro atoms. The molecule has 0 saturated heterocycles. The predicted molar refractivity (Wildman–Crippen MR) is 290 cm³/mol. The lowest BCUT2D eigenvalue weighted by Gasteiger charge is -2.34. The second kappa shape index (κ2) is 16.0. The van der Waals surface area contributed by atoms with Crippen molar-refractivity contribution in [1.82, 2.24) is 0 Å². The number of benzene rings is 11. The van der Waals surface area contributed by atoms with Gasteiger partial charge in [0.15, 0.2) is 0 Å². The molecule has 0 saturated carbocycles. The van der Waals surface area contributed by atoms with Crippen molar-refractivity contribution >= 4 is 56.1 Å². The molecule has 1 aromatic heterocycles. The van der Waals surface area contributed by atoms with Crippen LogP contribution in [0.5, 0.6) is 0 Å². The molecule has 0 amide bonds. The molecule has 3 heteroatoms. The van der Waals surface area contributed by atoms with E-state index in [1.807, 2.05) is 6.07 Å². The SMILES string of the molecule is c1ccc(-c2cc3c(cc2N(c2ccccc2)c2ccccc2)C2(c4ccccc4-3)c3ccccc3-c3cc(-c4ccccc4)c(N(c4ccccc4)c4ccc5c(c4)oc4ccccc45)cc32)cc1. The minimum absolute atomic E-state index is 0.671. The molecule has 12 aromatic rings. The summed E-state index contributed by atoms with van der Waals surface area (Å²) in [4.78, 5) is 4.88. The minimum atomic E-state index is -0.671. The van der Waals surface area contributed by atoms with Crippen LogP contribution in [0.2, 0.25) is 0 Å². The van der Waals surface area contributed by atoms with Gasteiger partial charge in [-0.2, -0.15) is 0 Å². The molecule has 2 aliphatic carbocycles. The Kier molecular flexibility index (Phi) is 9.11. The fraction of sp³-hybridized carbons (Fsp3) is 0.0149. The van der Waals surface area contributed by atoms with E-state index >= 15 is 0 Å². The summed E-state index contributed by atoms with van der Waals surface area (Å²) in [7, 11) is 0. The number of rotatable bonds is 8. The summed E-state index contributed by atoms with van der Waals surface area (Å²) >= 11 is 0. The highest BCUT2D eigenvalue weighted by atomic mass is 16.3. The fourth-order valence-corrected chi connectivity index (χ4v) is 11.7. The van der Waals surface area contributed by atoms with Crippen molar-refractivity contribution in [2.24, 2.45) is 0 Å². The smallest absolute Gasteiger partial charge is 0.137 e. The molecule has 70 heavy (non-hydrogen) atoms. The van der Waals surface area contributed by atoms with Gasteiger partial charge in [-0.25, -0.2) is 0 Å². The number of furan rings is 1. The van der Waals surface area contributed by atoms with Gasteiger partial charge < -0.3 is 14.2 Å². The Bertz CT molecular complexity index is 3890. The monoisotopic (exact) mass is 892 g/mol. The van der Waals surface area contributed by atoms with E-state index < -0.39 is 5.41 Å². The maximum absolute atomic E-state index is 6.61. The topological polar surface area (TPSA) is 19.6 Å². The third kappa shape index (κ3) is 6.01. The summed E-state index contributed by atoms with van der Waals surface area (Å²) in [5.74, 6) is 0. The maximum atomic E-state index is 6.61. The van der Waals surface area contributed by atoms with Gasteiger partial charge in [-0.05, 0) is 134 Å². The van der Waals surface area contributed by atoms with Gasteiger partial charge in [-0.1, -0.05) is 182 Å². The first-order valence-electron chi connectivity index (χ1n) is 24.1. The second-order valence-electron chi connectivity index (χ2n) is 18.4. The molecule has 0 radical (unpaired) electrons. The van der Waals surface area contributed by atoms with Crippen LogP contribution in [0, 0.1) is 0 Å². The molecular weight excluding hydrogens is 849 g/mol. The average molecular weight is 893 g/mol. The van der Waals surface area contributed by atoms with Crippen molar-refractivity contribution < 1.29 is 4.42 Å². The van der Waals surface area contributed by atoms with Gasteiger partial charge in [0.25, 0.3) is 0 Å². The Labute approximate surface area is 407 Å². The molecule has 3 nitrogen and oxygen atoms in total. The molecule has 0 fully saturated rings. The summed E-state index contributed by atoms with van der Waals surface area (Å²) in [6.07, 6.45) is 0. The molecule has 0 bridgehead atoms. The molecule has 1 atom stereocenters. The van der Waals surface area contributed by atoms with Crippen molar-refractivity contribution in [3.05, 3.63) is 289 Å². The number of fused-ring (bicyclic) bond motifs is 13. The fourth-order valence-electron chi connectivity index (χ4n) is 11.7. The molecule has 1 unspecified atom stereocenters. The highest BCUT2D eigenvalue weighted by molar-refractivity contribution is 6.07. The third-order valence-electron chi connectivity index (χ3n) is 14.6. The standard InChI is InChI=1S/C67H44N2O/c1-6-22-45(23-7-1)55-41-57-51-32-16-19-35-59(51)67(61(57)43-63(55)68(47-26-10-3-11-27-47)48-28-12-4-13-29-48)60-36-20-17-33-52(60)58-42-56(46-24-8-2-9-25-46)64(44-62(58)67)69(49-30-14-5-15-31-49)50-38-39-54-53-34-18-21-37-65(53)70-66(54)40-50/h1-44H. The van der Waals surface area contributed by atoms with E-state index in [2.05, 4.69) is 271 Å². The summed E-state index contributed by atoms with van der Waals surface area (Å²) in [6.45, 7) is 0. The molecule has 11 aromatic carbocycles. The van der Waals surface area contributed by atoms with Gasteiger partial charge in [0.1, 0.15) is 11.2 Å². The number of hydrogen-bond donors (Lipinski definition) is 0. The zero-order valence-electron chi connectivity index (χ0n) is 38.2. The van der Waals surface area contributed by atoms with Crippen LogP contribution >= 0.6 is 0 Å². The molecule has 0 N–H and O–H groups in total. The summed E-state index contributed by atoms with van der Waals surface area (Å²) in [6, 6.07) is 97.5. The van der Waals surface area contributed by atoms with Crippen LogP contribution in [0.1, 0.15) is 22.3 Å². The van der Waals surface area contributed by atoms with Crippen molar-refractivity contribution in [3.8, 4) is 44.5 Å². The average Bonchev–Trinajstić information content (AvgIpc) is 4.05. The summed E-state index contributed by atoms with van der Waals surface area (Å²) < 4.78 is 6.61. The molecule has 2 aliphatic rings. The van der Waals surface area contributed by atoms with Crippen LogP contribution in [-0.4, -0.2) is 0 Å². The van der Waals surface area contributed by atoms with Gasteiger partial charge >= 0.3 is 0 Å². The van der Waals surface area contributed by atoms with Gasteiger partial charge in [0.05, 0.1) is 16.8 Å². The summed E-state index contributed by atoms with van der Waals surface area (Å²) in [5, 5.41) is 2.22. The Hall–Kier alpha value is -9.18. The van der Waals surface area contributed by atoms with Crippen molar-refractivity contribution in [2.75, 3.05) is 9.80 Å². The van der Waals surface area contributed by atoms with Crippen LogP contribution in [0.4, 0.5) is 34.1 Å². The van der Waals surface area contributed by atoms with E-state index in [0.717, 1.165) is 72.8 Å². The first-order valence-corrected chi connectivity index (χ1v) is 24.1. The van der Waals surface area contributed by atoms with Crippen molar-refractivity contribution in [2.45, 2.75) is 5.41 Å². The molecular formula is C67H44N2O. The highest BCUT2D eigenvalue weighted by Gasteiger charge is 2.52. The van der Waals surface area contributed by atoms with E-state index in [9.17, 15) is 0 Å². The predicted octanol–water partition coefficient (Wildman–Crippen LogP) is 18.2. The van der Waals surface area contributed by atoms with E-state index in [1.54, 1.807) is 0 Å². The third-order valence-corrected chi connectivity index (χ3v) is 14.6. The molecule has 14 rings (SSSR count). The van der Waals surface area contributed by atoms with Crippen LogP contribution < -0.4 is 9.80 Å². The summed E-state index contributed by atoms with van der Waals surface area (Å²) in [5.41, 5.74) is 22.2. The van der Waals surface area contributed by atoms with Crippen LogP contribution in [-0.2, 0) is 5.41 Å². The minimum Gasteiger partial charge on any atom is -0.456 e. The first kappa shape index (κ1) is 39.9. The van der Waals surface area contributed by atoms with Crippen molar-refractivity contribution in [1.29, 1.82) is 0 Å². The van der Waals surface area contributed by atoms with Crippen LogP contribution in [0.3, 0.4) is 0 Å². The first-order chi connectivity index (χ1) is 34.7. The quantitative estimate of drug-likeness (QED) is 0.152. The normalized spacial score (nSPS) is 14.1. The van der Waals surface area contributed by atoms with E-state index in [1.165, 1.54) is 50.1 Å². The van der Waals surface area contributed by atoms with Gasteiger partial charge in [-0.15, -0.1) is 0 Å². The number of anilines is 6. The number of hydrogen-bond acceptors (Lipinski definition) is 3. The lowest BCUT2D eigenvalue weighted by molar-refractivity contribution is 0.669. The zero-order chi connectivity index (χ0) is 46.2. The largest absolute Gasteiger partial charge is 0.456 e. The lowest BCUT2D eigenvalue weighted by atomic mass is 9.70. The van der Waals surface area contributed by atoms with Crippen LogP contribution in [0.25, 0.3) is 66.4 Å². The van der Waals surface area contributed by atoms with Gasteiger partial charge in [-0.3, -0.25) is 0 Å². The lowest BCUT2D eigenvalue weighted by Crippen LogP contribution is -2.27. The Morgan fingerprint density at radius 2 is 0.657 bits per heavy atom. The maximum Gasteiger partial charge on any atom is 0.137 e. The van der Waals surface area contributed by atoms with Gasteiger partial charge in [0, 0.05) is 50.7 Å². The Morgan fingerprint density at radius 3 is 1.16 bits per heavy atom. The number of nitrogens with zero attached hydrogens (tertiary/aromatic N) is 2. The van der Waals surface area contributed by atoms with E-state index in [4.69, 9.17) is 4.42 Å². The number of para-hydroxylation sites is 4.